The Bertz CT molecular complexity index is 632. The summed E-state index contributed by atoms with van der Waals surface area (Å²) >= 11 is 0. The molecule has 1 amide bonds. The first-order valence-electron chi connectivity index (χ1n) is 7.84. The van der Waals surface area contributed by atoms with Crippen LogP contribution in [-0.4, -0.2) is 30.0 Å². The lowest BCUT2D eigenvalue weighted by atomic mass is 10.0. The molecule has 1 heterocycles. The van der Waals surface area contributed by atoms with Crippen molar-refractivity contribution in [3.63, 3.8) is 0 Å². The van der Waals surface area contributed by atoms with Crippen molar-refractivity contribution in [3.05, 3.63) is 60.2 Å². The molecule has 0 N–H and O–H groups in total. The number of amides is 1. The predicted molar refractivity (Wildman–Crippen MR) is 87.4 cm³/mol. The van der Waals surface area contributed by atoms with Gasteiger partial charge in [-0.25, -0.2) is 0 Å². The van der Waals surface area contributed by atoms with E-state index in [0.717, 1.165) is 18.7 Å². The average Bonchev–Trinajstić information content (AvgIpc) is 3.37. The largest absolute Gasteiger partial charge is 0.354 e. The standard InChI is InChI=1S/C19H21NO2/c1-3-20(4-2)19(21)18-17(22-18)16-12-10-15(11-13-16)14-8-6-5-7-9-14/h5-13,17-18H,3-4H2,1-2H3/t17-,18+/m1/s1. The van der Waals surface area contributed by atoms with Crippen LogP contribution in [0.15, 0.2) is 54.6 Å². The van der Waals surface area contributed by atoms with E-state index in [1.54, 1.807) is 0 Å². The van der Waals surface area contributed by atoms with E-state index in [0.29, 0.717) is 0 Å². The first kappa shape index (κ1) is 14.8. The van der Waals surface area contributed by atoms with Crippen LogP contribution in [0.25, 0.3) is 11.1 Å². The zero-order valence-corrected chi connectivity index (χ0v) is 13.0. The maximum Gasteiger partial charge on any atom is 0.254 e. The number of carbonyl (C=O) groups excluding carboxylic acids is 1. The zero-order chi connectivity index (χ0) is 15.5. The lowest BCUT2D eigenvalue weighted by Crippen LogP contribution is -2.34. The number of nitrogens with zero attached hydrogens (tertiary/aromatic N) is 1. The molecule has 0 spiro atoms. The van der Waals surface area contributed by atoms with Crippen molar-refractivity contribution in [1.29, 1.82) is 0 Å². The van der Waals surface area contributed by atoms with E-state index >= 15 is 0 Å². The molecule has 2 aromatic carbocycles. The summed E-state index contributed by atoms with van der Waals surface area (Å²) in [5.74, 6) is 0.0992. The molecule has 1 aliphatic rings. The van der Waals surface area contributed by atoms with Crippen molar-refractivity contribution in [3.8, 4) is 11.1 Å². The molecule has 0 aromatic heterocycles. The van der Waals surface area contributed by atoms with Gasteiger partial charge in [0.05, 0.1) is 0 Å². The summed E-state index contributed by atoms with van der Waals surface area (Å²) in [6.45, 7) is 5.45. The molecule has 2 aromatic rings. The molecular weight excluding hydrogens is 274 g/mol. The summed E-state index contributed by atoms with van der Waals surface area (Å²) < 4.78 is 5.60. The molecule has 0 radical (unpaired) electrons. The van der Waals surface area contributed by atoms with E-state index in [4.69, 9.17) is 4.74 Å². The highest BCUT2D eigenvalue weighted by Gasteiger charge is 2.47. The predicted octanol–water partition coefficient (Wildman–Crippen LogP) is 3.66. The molecule has 0 bridgehead atoms. The van der Waals surface area contributed by atoms with Gasteiger partial charge in [-0.15, -0.1) is 0 Å². The Hall–Kier alpha value is -2.13. The van der Waals surface area contributed by atoms with Crippen LogP contribution >= 0.6 is 0 Å². The average molecular weight is 295 g/mol. The normalized spacial score (nSPS) is 19.7. The van der Waals surface area contributed by atoms with Crippen LogP contribution in [-0.2, 0) is 9.53 Å². The minimum Gasteiger partial charge on any atom is -0.354 e. The van der Waals surface area contributed by atoms with E-state index in [9.17, 15) is 4.79 Å². The van der Waals surface area contributed by atoms with E-state index in [1.807, 2.05) is 36.9 Å². The lowest BCUT2D eigenvalue weighted by molar-refractivity contribution is -0.132. The Labute approximate surface area is 131 Å². The second-order valence-electron chi connectivity index (χ2n) is 5.48. The summed E-state index contributed by atoms with van der Waals surface area (Å²) in [6, 6.07) is 18.6. The maximum absolute atomic E-state index is 12.2. The summed E-state index contributed by atoms with van der Waals surface area (Å²) in [5.41, 5.74) is 3.45. The van der Waals surface area contributed by atoms with E-state index in [-0.39, 0.29) is 18.1 Å². The number of benzene rings is 2. The van der Waals surface area contributed by atoms with Gasteiger partial charge in [-0.2, -0.15) is 0 Å². The Morgan fingerprint density at radius 2 is 1.55 bits per heavy atom. The Morgan fingerprint density at radius 3 is 2.14 bits per heavy atom. The number of carbonyl (C=O) groups is 1. The van der Waals surface area contributed by atoms with Gasteiger partial charge in [-0.1, -0.05) is 54.6 Å². The highest BCUT2D eigenvalue weighted by molar-refractivity contribution is 5.84. The molecule has 22 heavy (non-hydrogen) atoms. The van der Waals surface area contributed by atoms with Gasteiger partial charge in [0.15, 0.2) is 6.10 Å². The fourth-order valence-electron chi connectivity index (χ4n) is 2.76. The third kappa shape index (κ3) is 2.90. The van der Waals surface area contributed by atoms with Gasteiger partial charge in [0.2, 0.25) is 0 Å². The number of epoxide rings is 1. The maximum atomic E-state index is 12.2. The molecule has 0 saturated carbocycles. The van der Waals surface area contributed by atoms with Gasteiger partial charge >= 0.3 is 0 Å². The van der Waals surface area contributed by atoms with Crippen molar-refractivity contribution in [2.24, 2.45) is 0 Å². The number of ether oxygens (including phenoxy) is 1. The van der Waals surface area contributed by atoms with Crippen molar-refractivity contribution < 1.29 is 9.53 Å². The van der Waals surface area contributed by atoms with Gasteiger partial charge in [0.25, 0.3) is 5.91 Å². The first-order chi connectivity index (χ1) is 10.7. The fraction of sp³-hybridized carbons (Fsp3) is 0.316. The topological polar surface area (TPSA) is 32.8 Å². The Kier molecular flexibility index (Phi) is 4.25. The van der Waals surface area contributed by atoms with Crippen LogP contribution in [0.4, 0.5) is 0 Å². The van der Waals surface area contributed by atoms with Gasteiger partial charge < -0.3 is 9.64 Å². The number of hydrogen-bond donors (Lipinski definition) is 0. The van der Waals surface area contributed by atoms with Crippen molar-refractivity contribution >= 4 is 5.91 Å². The van der Waals surface area contributed by atoms with Crippen LogP contribution < -0.4 is 0 Å². The van der Waals surface area contributed by atoms with Crippen LogP contribution in [0, 0.1) is 0 Å². The third-order valence-electron chi connectivity index (χ3n) is 4.16. The molecule has 114 valence electrons. The number of hydrogen-bond acceptors (Lipinski definition) is 2. The molecule has 3 nitrogen and oxygen atoms in total. The molecule has 1 fully saturated rings. The molecule has 3 heteroatoms. The molecule has 3 rings (SSSR count). The van der Waals surface area contributed by atoms with E-state index in [2.05, 4.69) is 36.4 Å². The highest BCUT2D eigenvalue weighted by atomic mass is 16.6. The van der Waals surface area contributed by atoms with Gasteiger partial charge in [0, 0.05) is 13.1 Å². The monoisotopic (exact) mass is 295 g/mol. The number of rotatable bonds is 5. The first-order valence-corrected chi connectivity index (χ1v) is 7.84. The molecule has 0 aliphatic carbocycles. The molecule has 1 aliphatic heterocycles. The second-order valence-corrected chi connectivity index (χ2v) is 5.48. The summed E-state index contributed by atoms with van der Waals surface area (Å²) in [6.07, 6.45) is -0.389. The van der Waals surface area contributed by atoms with Crippen LogP contribution in [0.2, 0.25) is 0 Å². The minimum absolute atomic E-state index is 0.0853. The molecule has 1 saturated heterocycles. The smallest absolute Gasteiger partial charge is 0.254 e. The summed E-state index contributed by atoms with van der Waals surface area (Å²) in [4.78, 5) is 14.1. The molecule has 2 atom stereocenters. The highest BCUT2D eigenvalue weighted by Crippen LogP contribution is 2.40. The van der Waals surface area contributed by atoms with Crippen molar-refractivity contribution in [1.82, 2.24) is 4.90 Å². The Balaban J connectivity index is 1.69. The second kappa shape index (κ2) is 6.32. The van der Waals surface area contributed by atoms with Gasteiger partial charge in [-0.05, 0) is 30.5 Å². The summed E-state index contributed by atoms with van der Waals surface area (Å²) in [5, 5.41) is 0. The minimum atomic E-state index is -0.303. The van der Waals surface area contributed by atoms with E-state index < -0.39 is 0 Å². The van der Waals surface area contributed by atoms with E-state index in [1.165, 1.54) is 11.1 Å². The fourth-order valence-corrected chi connectivity index (χ4v) is 2.76. The van der Waals surface area contributed by atoms with Crippen LogP contribution in [0.1, 0.15) is 25.5 Å². The zero-order valence-electron chi connectivity index (χ0n) is 13.0. The van der Waals surface area contributed by atoms with Crippen LogP contribution in [0.5, 0.6) is 0 Å². The quantitative estimate of drug-likeness (QED) is 0.789. The summed E-state index contributed by atoms with van der Waals surface area (Å²) in [7, 11) is 0. The van der Waals surface area contributed by atoms with Gasteiger partial charge in [-0.3, -0.25) is 4.79 Å². The van der Waals surface area contributed by atoms with Crippen LogP contribution in [0.3, 0.4) is 0 Å². The third-order valence-corrected chi connectivity index (χ3v) is 4.16. The molecule has 0 unspecified atom stereocenters. The number of likely N-dealkylation sites (N-methyl/N-ethyl adjacent to an activating group) is 1. The van der Waals surface area contributed by atoms with Gasteiger partial charge in [0.1, 0.15) is 6.10 Å². The Morgan fingerprint density at radius 1 is 0.955 bits per heavy atom. The van der Waals surface area contributed by atoms with Crippen molar-refractivity contribution in [2.45, 2.75) is 26.1 Å². The SMILES string of the molecule is CCN(CC)C(=O)[C@H]1O[C@@H]1c1ccc(-c2ccccc2)cc1. The van der Waals surface area contributed by atoms with Crippen molar-refractivity contribution in [2.75, 3.05) is 13.1 Å². The molecular formula is C19H21NO2. The lowest BCUT2D eigenvalue weighted by Gasteiger charge is -2.17.